The van der Waals surface area contributed by atoms with E-state index >= 15 is 0 Å². The van der Waals surface area contributed by atoms with Crippen LogP contribution in [0.15, 0.2) is 72.6 Å². The van der Waals surface area contributed by atoms with E-state index < -0.39 is 29.5 Å². The number of pyridine rings is 1. The lowest BCUT2D eigenvalue weighted by Gasteiger charge is -2.25. The number of carbonyl (C=O) groups is 3. The van der Waals surface area contributed by atoms with E-state index in [2.05, 4.69) is 4.98 Å². The normalized spacial score (nSPS) is 16.8. The number of rotatable bonds is 7. The Kier molecular flexibility index (Phi) is 7.36. The quantitative estimate of drug-likeness (QED) is 0.217. The van der Waals surface area contributed by atoms with E-state index in [1.807, 2.05) is 0 Å². The molecule has 9 heteroatoms. The van der Waals surface area contributed by atoms with Crippen LogP contribution in [0.1, 0.15) is 40.0 Å². The van der Waals surface area contributed by atoms with Gasteiger partial charge in [-0.3, -0.25) is 14.6 Å². The van der Waals surface area contributed by atoms with Gasteiger partial charge in [-0.15, -0.1) is 0 Å². The Balaban J connectivity index is 1.79. The maximum atomic E-state index is 13.2. The number of nitrogens with zero attached hydrogens (tertiary/aromatic N) is 2. The molecule has 1 fully saturated rings. The van der Waals surface area contributed by atoms with Gasteiger partial charge in [0.15, 0.2) is 0 Å². The number of aliphatic hydroxyl groups is 1. The molecule has 4 rings (SSSR count). The molecule has 1 aromatic heterocycles. The zero-order valence-corrected chi connectivity index (χ0v) is 20.4. The number of Topliss-reactive ketones (excluding diaryl/α,β-unsaturated/α-hetero) is 1. The predicted molar refractivity (Wildman–Crippen MR) is 132 cm³/mol. The number of halogens is 1. The second kappa shape index (κ2) is 10.6. The Morgan fingerprint density at radius 1 is 1.14 bits per heavy atom. The number of aliphatic hydroxyl groups excluding tert-OH is 1. The molecule has 0 bridgehead atoms. The number of methoxy groups -OCH3 is 1. The zero-order chi connectivity index (χ0) is 25.8. The average Bonchev–Trinajstić information content (AvgIpc) is 3.14. The van der Waals surface area contributed by atoms with Gasteiger partial charge in [-0.05, 0) is 54.4 Å². The van der Waals surface area contributed by atoms with Crippen molar-refractivity contribution in [3.05, 3.63) is 99.8 Å². The van der Waals surface area contributed by atoms with E-state index in [1.165, 1.54) is 24.3 Å². The van der Waals surface area contributed by atoms with Gasteiger partial charge < -0.3 is 19.5 Å². The molecule has 1 unspecified atom stereocenters. The molecule has 1 N–H and O–H groups in total. The molecule has 0 radical (unpaired) electrons. The monoisotopic (exact) mass is 506 g/mol. The summed E-state index contributed by atoms with van der Waals surface area (Å²) in [6.45, 7) is 2.03. The molecule has 184 valence electrons. The summed E-state index contributed by atoms with van der Waals surface area (Å²) >= 11 is 6.14. The first-order valence-corrected chi connectivity index (χ1v) is 11.5. The first-order valence-electron chi connectivity index (χ1n) is 11.1. The summed E-state index contributed by atoms with van der Waals surface area (Å²) in [5.74, 6) is -2.17. The van der Waals surface area contributed by atoms with E-state index in [1.54, 1.807) is 61.7 Å². The molecule has 2 aromatic carbocycles. The smallest absolute Gasteiger partial charge is 0.338 e. The first-order chi connectivity index (χ1) is 17.3. The maximum Gasteiger partial charge on any atom is 0.338 e. The summed E-state index contributed by atoms with van der Waals surface area (Å²) in [5.41, 5.74) is 1.69. The third-order valence-electron chi connectivity index (χ3n) is 5.77. The fourth-order valence-corrected chi connectivity index (χ4v) is 4.27. The summed E-state index contributed by atoms with van der Waals surface area (Å²) in [7, 11) is 1.43. The number of carbonyl (C=O) groups excluding carboxylic acids is 3. The van der Waals surface area contributed by atoms with E-state index in [0.29, 0.717) is 27.5 Å². The zero-order valence-electron chi connectivity index (χ0n) is 19.6. The number of amides is 1. The first kappa shape index (κ1) is 24.9. The number of ketones is 1. The van der Waals surface area contributed by atoms with Crippen LogP contribution in [0.4, 0.5) is 0 Å². The topological polar surface area (TPSA) is 106 Å². The molecule has 1 amide bonds. The van der Waals surface area contributed by atoms with E-state index in [-0.39, 0.29) is 24.3 Å². The van der Waals surface area contributed by atoms with Crippen molar-refractivity contribution in [1.82, 2.24) is 9.88 Å². The third-order valence-corrected chi connectivity index (χ3v) is 6.01. The van der Waals surface area contributed by atoms with Crippen molar-refractivity contribution in [2.24, 2.45) is 0 Å². The molecule has 1 saturated heterocycles. The van der Waals surface area contributed by atoms with Crippen molar-refractivity contribution in [3.8, 4) is 5.75 Å². The van der Waals surface area contributed by atoms with E-state index in [0.717, 1.165) is 0 Å². The number of aromatic nitrogens is 1. The van der Waals surface area contributed by atoms with Crippen molar-refractivity contribution in [1.29, 1.82) is 0 Å². The van der Waals surface area contributed by atoms with Gasteiger partial charge in [-0.25, -0.2) is 4.79 Å². The molecule has 1 aliphatic heterocycles. The highest BCUT2D eigenvalue weighted by molar-refractivity contribution is 6.46. The molecular weight excluding hydrogens is 484 g/mol. The second-order valence-corrected chi connectivity index (χ2v) is 8.41. The number of hydrogen-bond acceptors (Lipinski definition) is 7. The predicted octanol–water partition coefficient (Wildman–Crippen LogP) is 4.54. The SMILES string of the molecule is CCOC(=O)c1ccc(CN2C(=O)C(=O)/C(=C(/O)c3cc(Cl)ccc3OC)C2c2cccnc2)cc1. The third kappa shape index (κ3) is 4.81. The van der Waals surface area contributed by atoms with Crippen molar-refractivity contribution < 1.29 is 29.0 Å². The van der Waals surface area contributed by atoms with Crippen LogP contribution in [0.2, 0.25) is 5.02 Å². The van der Waals surface area contributed by atoms with Gasteiger partial charge >= 0.3 is 5.97 Å². The molecule has 8 nitrogen and oxygen atoms in total. The van der Waals surface area contributed by atoms with Crippen LogP contribution < -0.4 is 4.74 Å². The van der Waals surface area contributed by atoms with Gasteiger partial charge in [-0.1, -0.05) is 29.8 Å². The minimum absolute atomic E-state index is 0.0523. The number of esters is 1. The van der Waals surface area contributed by atoms with Gasteiger partial charge in [0.05, 0.1) is 36.5 Å². The lowest BCUT2D eigenvalue weighted by molar-refractivity contribution is -0.140. The molecule has 3 aromatic rings. The second-order valence-electron chi connectivity index (χ2n) is 7.98. The van der Waals surface area contributed by atoms with Gasteiger partial charge in [0.1, 0.15) is 11.5 Å². The van der Waals surface area contributed by atoms with Gasteiger partial charge in [0, 0.05) is 24.0 Å². The van der Waals surface area contributed by atoms with Crippen LogP contribution in [0.5, 0.6) is 5.75 Å². The summed E-state index contributed by atoms with van der Waals surface area (Å²) in [6.07, 6.45) is 3.11. The standard InChI is InChI=1S/C27H23ClN2O6/c1-3-36-27(34)17-8-6-16(7-9-17)15-30-23(18-5-4-12-29-14-18)22(25(32)26(30)33)24(31)20-13-19(28)10-11-21(20)35-2/h4-14,23,31H,3,15H2,1-2H3/b24-22+. The van der Waals surface area contributed by atoms with Crippen LogP contribution in [-0.2, 0) is 20.9 Å². The highest BCUT2D eigenvalue weighted by atomic mass is 35.5. The van der Waals surface area contributed by atoms with Crippen molar-refractivity contribution >= 4 is 35.0 Å². The molecular formula is C27H23ClN2O6. The van der Waals surface area contributed by atoms with Crippen LogP contribution in [0.25, 0.3) is 5.76 Å². The summed E-state index contributed by atoms with van der Waals surface area (Å²) in [5, 5.41) is 11.6. The minimum Gasteiger partial charge on any atom is -0.507 e. The molecule has 0 saturated carbocycles. The number of likely N-dealkylation sites (tertiary alicyclic amines) is 1. The van der Waals surface area contributed by atoms with Crippen LogP contribution in [0.3, 0.4) is 0 Å². The Labute approximate surface area is 212 Å². The van der Waals surface area contributed by atoms with Gasteiger partial charge in [0.2, 0.25) is 0 Å². The Bertz CT molecular complexity index is 1340. The molecule has 36 heavy (non-hydrogen) atoms. The van der Waals surface area contributed by atoms with Crippen LogP contribution >= 0.6 is 11.6 Å². The number of hydrogen-bond donors (Lipinski definition) is 1. The Hall–Kier alpha value is -4.17. The lowest BCUT2D eigenvalue weighted by Crippen LogP contribution is -2.29. The fraction of sp³-hybridized carbons (Fsp3) is 0.185. The molecule has 1 aliphatic rings. The van der Waals surface area contributed by atoms with Crippen LogP contribution in [-0.4, -0.2) is 46.4 Å². The summed E-state index contributed by atoms with van der Waals surface area (Å²) in [4.78, 5) is 43.9. The van der Waals surface area contributed by atoms with Crippen LogP contribution in [0, 0.1) is 0 Å². The Morgan fingerprint density at radius 3 is 2.53 bits per heavy atom. The van der Waals surface area contributed by atoms with E-state index in [9.17, 15) is 19.5 Å². The molecule has 1 atom stereocenters. The van der Waals surface area contributed by atoms with E-state index in [4.69, 9.17) is 21.1 Å². The maximum absolute atomic E-state index is 13.2. The van der Waals surface area contributed by atoms with Crippen molar-refractivity contribution in [2.45, 2.75) is 19.5 Å². The van der Waals surface area contributed by atoms with Gasteiger partial charge in [-0.2, -0.15) is 0 Å². The molecule has 2 heterocycles. The highest BCUT2D eigenvalue weighted by Gasteiger charge is 2.46. The number of benzene rings is 2. The Morgan fingerprint density at radius 2 is 1.89 bits per heavy atom. The lowest BCUT2D eigenvalue weighted by atomic mass is 9.96. The minimum atomic E-state index is -0.910. The molecule has 0 aliphatic carbocycles. The van der Waals surface area contributed by atoms with Crippen molar-refractivity contribution in [2.75, 3.05) is 13.7 Å². The molecule has 0 spiro atoms. The summed E-state index contributed by atoms with van der Waals surface area (Å²) < 4.78 is 10.4. The highest BCUT2D eigenvalue weighted by Crippen LogP contribution is 2.41. The number of ether oxygens (including phenoxy) is 2. The summed E-state index contributed by atoms with van der Waals surface area (Å²) in [6, 6.07) is 13.7. The average molecular weight is 507 g/mol. The largest absolute Gasteiger partial charge is 0.507 e. The van der Waals surface area contributed by atoms with Gasteiger partial charge in [0.25, 0.3) is 11.7 Å². The fourth-order valence-electron chi connectivity index (χ4n) is 4.10. The van der Waals surface area contributed by atoms with Crippen molar-refractivity contribution in [3.63, 3.8) is 0 Å².